The van der Waals surface area contributed by atoms with E-state index in [9.17, 15) is 0 Å². The molecule has 0 N–H and O–H groups in total. The molecule has 0 nitrogen and oxygen atoms in total. The van der Waals surface area contributed by atoms with Crippen LogP contribution in [-0.4, -0.2) is 0 Å². The Morgan fingerprint density at radius 2 is 1.48 bits per heavy atom. The highest BCUT2D eigenvalue weighted by molar-refractivity contribution is 7.32. The Morgan fingerprint density at radius 1 is 0.720 bits per heavy atom. The van der Waals surface area contributed by atoms with Crippen LogP contribution in [0.5, 0.6) is 0 Å². The topological polar surface area (TPSA) is 0 Å². The molecule has 25 heavy (non-hydrogen) atoms. The molecule has 0 unspecified atom stereocenters. The third kappa shape index (κ3) is 1.98. The SMILES string of the molecule is Cc1ccc2c(c1)CCc1c-2sc2c1CCc1c-2sc2cc(C)sc12. The molecule has 1 aromatic carbocycles. The van der Waals surface area contributed by atoms with Crippen molar-refractivity contribution in [3.8, 4) is 20.2 Å². The van der Waals surface area contributed by atoms with Crippen molar-refractivity contribution in [1.29, 1.82) is 0 Å². The Morgan fingerprint density at radius 3 is 2.40 bits per heavy atom. The predicted octanol–water partition coefficient (Wildman–Crippen LogP) is 7.17. The normalized spacial score (nSPS) is 15.0. The highest BCUT2D eigenvalue weighted by atomic mass is 32.1. The molecule has 2 aliphatic rings. The molecule has 3 aromatic heterocycles. The molecule has 2 aliphatic carbocycles. The van der Waals surface area contributed by atoms with Crippen LogP contribution in [0.15, 0.2) is 24.3 Å². The minimum absolute atomic E-state index is 1.21. The maximum Gasteiger partial charge on any atom is 0.0498 e. The third-order valence-corrected chi connectivity index (χ3v) is 9.57. The Balaban J connectivity index is 1.60. The minimum atomic E-state index is 1.21. The standard InChI is InChI=1S/C22H18S3/c1-11-3-5-14-13(9-11)4-6-15-16-7-8-17-20-18(10-12(2)23-20)24-22(17)21(16)25-19(14)15/h3,5,9-10H,4,6-8H2,1-2H3. The Bertz CT molecular complexity index is 1170. The van der Waals surface area contributed by atoms with Crippen molar-refractivity contribution in [3.63, 3.8) is 0 Å². The van der Waals surface area contributed by atoms with E-state index >= 15 is 0 Å². The fourth-order valence-corrected chi connectivity index (χ4v) is 8.82. The third-order valence-electron chi connectivity index (χ3n) is 5.68. The van der Waals surface area contributed by atoms with E-state index in [0.717, 1.165) is 0 Å². The van der Waals surface area contributed by atoms with Crippen LogP contribution in [-0.2, 0) is 25.7 Å². The summed E-state index contributed by atoms with van der Waals surface area (Å²) >= 11 is 6.09. The van der Waals surface area contributed by atoms with Crippen molar-refractivity contribution < 1.29 is 0 Å². The molecular weight excluding hydrogens is 360 g/mol. The van der Waals surface area contributed by atoms with E-state index in [1.54, 1.807) is 41.6 Å². The number of aryl methyl sites for hydroxylation is 4. The lowest BCUT2D eigenvalue weighted by Crippen LogP contribution is -2.06. The van der Waals surface area contributed by atoms with Gasteiger partial charge in [0.1, 0.15) is 0 Å². The fourth-order valence-electron chi connectivity index (χ4n) is 4.55. The van der Waals surface area contributed by atoms with Crippen LogP contribution >= 0.6 is 34.0 Å². The Labute approximate surface area is 159 Å². The van der Waals surface area contributed by atoms with Gasteiger partial charge < -0.3 is 0 Å². The van der Waals surface area contributed by atoms with Crippen molar-refractivity contribution in [3.05, 3.63) is 57.0 Å². The maximum absolute atomic E-state index is 2.40. The van der Waals surface area contributed by atoms with Gasteiger partial charge >= 0.3 is 0 Å². The first-order valence-corrected chi connectivity index (χ1v) is 11.4. The predicted molar refractivity (Wildman–Crippen MR) is 113 cm³/mol. The number of rotatable bonds is 0. The summed E-state index contributed by atoms with van der Waals surface area (Å²) in [7, 11) is 0. The molecule has 0 aliphatic heterocycles. The van der Waals surface area contributed by atoms with Crippen molar-refractivity contribution in [2.45, 2.75) is 39.5 Å². The Hall–Kier alpha value is -1.42. The summed E-state index contributed by atoms with van der Waals surface area (Å²) in [6.45, 7) is 4.45. The molecule has 0 atom stereocenters. The molecule has 4 aromatic rings. The first-order chi connectivity index (χ1) is 12.2. The number of hydrogen-bond donors (Lipinski definition) is 0. The summed E-state index contributed by atoms with van der Waals surface area (Å²) in [5.74, 6) is 0. The number of fused-ring (bicyclic) bond motifs is 9. The fraction of sp³-hybridized carbons (Fsp3) is 0.273. The summed E-state index contributed by atoms with van der Waals surface area (Å²) in [6.07, 6.45) is 4.90. The minimum Gasteiger partial charge on any atom is -0.139 e. The smallest absolute Gasteiger partial charge is 0.0498 e. The largest absolute Gasteiger partial charge is 0.139 e. The van der Waals surface area contributed by atoms with Gasteiger partial charge in [0.05, 0.1) is 0 Å². The van der Waals surface area contributed by atoms with E-state index in [1.807, 2.05) is 22.7 Å². The first kappa shape index (κ1) is 14.7. The molecule has 0 saturated carbocycles. The lowest BCUT2D eigenvalue weighted by molar-refractivity contribution is 0.892. The zero-order chi connectivity index (χ0) is 16.7. The van der Waals surface area contributed by atoms with Crippen LogP contribution in [0.1, 0.15) is 32.7 Å². The van der Waals surface area contributed by atoms with E-state index in [-0.39, 0.29) is 0 Å². The van der Waals surface area contributed by atoms with Crippen LogP contribution in [0.3, 0.4) is 0 Å². The summed E-state index contributed by atoms with van der Waals surface area (Å²) in [6, 6.07) is 9.42. The van der Waals surface area contributed by atoms with Gasteiger partial charge in [0.25, 0.3) is 0 Å². The van der Waals surface area contributed by atoms with Gasteiger partial charge in [-0.2, -0.15) is 0 Å². The second-order valence-corrected chi connectivity index (χ2v) is 10.7. The summed E-state index contributed by atoms with van der Waals surface area (Å²) < 4.78 is 3.06. The quantitative estimate of drug-likeness (QED) is 0.304. The first-order valence-electron chi connectivity index (χ1n) is 8.95. The average molecular weight is 379 g/mol. The van der Waals surface area contributed by atoms with Gasteiger partial charge in [-0.25, -0.2) is 0 Å². The van der Waals surface area contributed by atoms with Gasteiger partial charge in [-0.15, -0.1) is 34.0 Å². The zero-order valence-corrected chi connectivity index (χ0v) is 16.8. The lowest BCUT2D eigenvalue weighted by Gasteiger charge is -2.19. The van der Waals surface area contributed by atoms with Gasteiger partial charge in [0.15, 0.2) is 0 Å². The van der Waals surface area contributed by atoms with Crippen molar-refractivity contribution in [2.24, 2.45) is 0 Å². The van der Waals surface area contributed by atoms with E-state index in [2.05, 4.69) is 49.4 Å². The van der Waals surface area contributed by atoms with Crippen LogP contribution in [0, 0.1) is 13.8 Å². The molecule has 3 heteroatoms. The maximum atomic E-state index is 2.40. The number of benzene rings is 1. The van der Waals surface area contributed by atoms with E-state index in [1.165, 1.54) is 46.4 Å². The average Bonchev–Trinajstić information content (AvgIpc) is 3.23. The highest BCUT2D eigenvalue weighted by Crippen LogP contribution is 2.54. The Kier molecular flexibility index (Phi) is 2.98. The molecule has 0 amide bonds. The number of hydrogen-bond acceptors (Lipinski definition) is 3. The molecule has 0 fully saturated rings. The lowest BCUT2D eigenvalue weighted by atomic mass is 9.85. The van der Waals surface area contributed by atoms with E-state index in [0.29, 0.717) is 0 Å². The molecule has 3 heterocycles. The van der Waals surface area contributed by atoms with Crippen molar-refractivity contribution in [2.75, 3.05) is 0 Å². The van der Waals surface area contributed by atoms with Gasteiger partial charge in [0, 0.05) is 28.9 Å². The van der Waals surface area contributed by atoms with Gasteiger partial charge in [-0.05, 0) is 73.4 Å². The van der Waals surface area contributed by atoms with Gasteiger partial charge in [-0.3, -0.25) is 0 Å². The zero-order valence-electron chi connectivity index (χ0n) is 14.4. The van der Waals surface area contributed by atoms with Crippen LogP contribution in [0.2, 0.25) is 0 Å². The molecular formula is C22H18S3. The summed E-state index contributed by atoms with van der Waals surface area (Å²) in [5, 5.41) is 0. The van der Waals surface area contributed by atoms with Crippen LogP contribution < -0.4 is 0 Å². The van der Waals surface area contributed by atoms with Crippen molar-refractivity contribution in [1.82, 2.24) is 0 Å². The number of thiophene rings is 3. The van der Waals surface area contributed by atoms with Gasteiger partial charge in [-0.1, -0.05) is 23.8 Å². The molecule has 0 saturated heterocycles. The van der Waals surface area contributed by atoms with Crippen LogP contribution in [0.4, 0.5) is 0 Å². The molecule has 0 spiro atoms. The second kappa shape index (κ2) is 5.06. The second-order valence-electron chi connectivity index (χ2n) is 7.34. The van der Waals surface area contributed by atoms with E-state index in [4.69, 9.17) is 0 Å². The molecule has 124 valence electrons. The molecule has 0 bridgehead atoms. The summed E-state index contributed by atoms with van der Waals surface area (Å²) in [4.78, 5) is 6.18. The van der Waals surface area contributed by atoms with Crippen molar-refractivity contribution >= 4 is 43.4 Å². The van der Waals surface area contributed by atoms with Gasteiger partial charge in [0.2, 0.25) is 0 Å². The van der Waals surface area contributed by atoms with Crippen LogP contribution in [0.25, 0.3) is 29.6 Å². The summed E-state index contributed by atoms with van der Waals surface area (Å²) in [5.41, 5.74) is 9.41. The monoisotopic (exact) mass is 378 g/mol. The molecule has 0 radical (unpaired) electrons. The van der Waals surface area contributed by atoms with E-state index < -0.39 is 0 Å². The molecule has 6 rings (SSSR count). The highest BCUT2D eigenvalue weighted by Gasteiger charge is 2.30.